The highest BCUT2D eigenvalue weighted by molar-refractivity contribution is 5.91. The second-order valence-corrected chi connectivity index (χ2v) is 5.76. The summed E-state index contributed by atoms with van der Waals surface area (Å²) in [6.07, 6.45) is 3.71. The van der Waals surface area contributed by atoms with Crippen molar-refractivity contribution >= 4 is 11.8 Å². The molecule has 6 heteroatoms. The van der Waals surface area contributed by atoms with Gasteiger partial charge in [0.2, 0.25) is 5.91 Å². The largest absolute Gasteiger partial charge is 0.459 e. The maximum absolute atomic E-state index is 12.2. The second-order valence-electron chi connectivity index (χ2n) is 5.76. The lowest BCUT2D eigenvalue weighted by Gasteiger charge is -2.37. The molecule has 1 aromatic heterocycles. The molecule has 21 heavy (non-hydrogen) atoms. The first-order valence-corrected chi connectivity index (χ1v) is 7.52. The number of hydrogen-bond acceptors (Lipinski definition) is 4. The molecule has 114 valence electrons. The van der Waals surface area contributed by atoms with Gasteiger partial charge in [0.25, 0.3) is 5.91 Å². The number of nitrogens with zero attached hydrogens (tertiary/aromatic N) is 2. The predicted octanol–water partition coefficient (Wildman–Crippen LogP) is 0.704. The Balaban J connectivity index is 1.50. The number of hydrogen-bond donors (Lipinski definition) is 1. The van der Waals surface area contributed by atoms with E-state index in [9.17, 15) is 9.59 Å². The average molecular weight is 291 g/mol. The molecule has 2 amide bonds. The molecule has 0 aromatic carbocycles. The van der Waals surface area contributed by atoms with Gasteiger partial charge >= 0.3 is 0 Å². The monoisotopic (exact) mass is 291 g/mol. The third-order valence-corrected chi connectivity index (χ3v) is 4.18. The van der Waals surface area contributed by atoms with E-state index in [4.69, 9.17) is 4.42 Å². The van der Waals surface area contributed by atoms with Crippen LogP contribution in [0.2, 0.25) is 0 Å². The average Bonchev–Trinajstić information content (AvgIpc) is 3.15. The quantitative estimate of drug-likeness (QED) is 0.887. The van der Waals surface area contributed by atoms with Gasteiger partial charge in [-0.25, -0.2) is 0 Å². The van der Waals surface area contributed by atoms with Crippen molar-refractivity contribution in [1.82, 2.24) is 15.1 Å². The van der Waals surface area contributed by atoms with Crippen LogP contribution >= 0.6 is 0 Å². The fourth-order valence-corrected chi connectivity index (χ4v) is 2.58. The Labute approximate surface area is 124 Å². The van der Waals surface area contributed by atoms with Crippen LogP contribution in [0.15, 0.2) is 22.8 Å². The van der Waals surface area contributed by atoms with Crippen LogP contribution in [0, 0.1) is 0 Å². The SMILES string of the molecule is CC(C(=O)NC1CC1)N1CCN(C(=O)c2ccco2)CC1. The zero-order chi connectivity index (χ0) is 14.8. The van der Waals surface area contributed by atoms with E-state index in [1.807, 2.05) is 6.92 Å². The highest BCUT2D eigenvalue weighted by Gasteiger charge is 2.31. The predicted molar refractivity (Wildman–Crippen MR) is 76.8 cm³/mol. The van der Waals surface area contributed by atoms with E-state index in [1.165, 1.54) is 6.26 Å². The second kappa shape index (κ2) is 5.89. The number of rotatable bonds is 4. The molecule has 3 rings (SSSR count). The van der Waals surface area contributed by atoms with E-state index in [1.54, 1.807) is 17.0 Å². The van der Waals surface area contributed by atoms with Crippen LogP contribution in [0.3, 0.4) is 0 Å². The van der Waals surface area contributed by atoms with Gasteiger partial charge in [-0.15, -0.1) is 0 Å². The zero-order valence-corrected chi connectivity index (χ0v) is 12.2. The molecule has 1 unspecified atom stereocenters. The minimum Gasteiger partial charge on any atom is -0.459 e. The number of piperazine rings is 1. The Bertz CT molecular complexity index is 502. The molecule has 1 aromatic rings. The van der Waals surface area contributed by atoms with Crippen molar-refractivity contribution in [3.05, 3.63) is 24.2 Å². The fourth-order valence-electron chi connectivity index (χ4n) is 2.58. The number of carbonyl (C=O) groups is 2. The normalized spacial score (nSPS) is 21.1. The number of nitrogens with one attached hydrogen (secondary N) is 1. The minimum absolute atomic E-state index is 0.0743. The lowest BCUT2D eigenvalue weighted by Crippen LogP contribution is -2.55. The molecule has 2 fully saturated rings. The van der Waals surface area contributed by atoms with Gasteiger partial charge in [0.15, 0.2) is 5.76 Å². The maximum atomic E-state index is 12.2. The van der Waals surface area contributed by atoms with Crippen LogP contribution in [-0.4, -0.2) is 59.9 Å². The summed E-state index contributed by atoms with van der Waals surface area (Å²) in [7, 11) is 0. The third kappa shape index (κ3) is 3.26. The summed E-state index contributed by atoms with van der Waals surface area (Å²) < 4.78 is 5.14. The molecule has 6 nitrogen and oxygen atoms in total. The molecule has 1 saturated heterocycles. The molecule has 1 atom stereocenters. The van der Waals surface area contributed by atoms with Crippen molar-refractivity contribution in [3.8, 4) is 0 Å². The van der Waals surface area contributed by atoms with Gasteiger partial charge in [-0.05, 0) is 31.9 Å². The third-order valence-electron chi connectivity index (χ3n) is 4.18. The minimum atomic E-state index is -0.133. The Morgan fingerprint density at radius 1 is 1.29 bits per heavy atom. The van der Waals surface area contributed by atoms with Crippen LogP contribution in [-0.2, 0) is 4.79 Å². The van der Waals surface area contributed by atoms with Gasteiger partial charge in [-0.3, -0.25) is 14.5 Å². The van der Waals surface area contributed by atoms with Gasteiger partial charge in [-0.2, -0.15) is 0 Å². The molecule has 1 saturated carbocycles. The standard InChI is InChI=1S/C15H21N3O3/c1-11(14(19)16-12-4-5-12)17-6-8-18(9-7-17)15(20)13-3-2-10-21-13/h2-3,10-12H,4-9H2,1H3,(H,16,19). The van der Waals surface area contributed by atoms with Crippen LogP contribution in [0.4, 0.5) is 0 Å². The van der Waals surface area contributed by atoms with E-state index in [0.29, 0.717) is 38.0 Å². The van der Waals surface area contributed by atoms with E-state index in [0.717, 1.165) is 12.8 Å². The highest BCUT2D eigenvalue weighted by Crippen LogP contribution is 2.19. The molecular weight excluding hydrogens is 270 g/mol. The van der Waals surface area contributed by atoms with Crippen molar-refractivity contribution in [1.29, 1.82) is 0 Å². The van der Waals surface area contributed by atoms with Gasteiger partial charge in [-0.1, -0.05) is 0 Å². The Kier molecular flexibility index (Phi) is 3.96. The molecule has 1 aliphatic heterocycles. The van der Waals surface area contributed by atoms with Crippen LogP contribution < -0.4 is 5.32 Å². The summed E-state index contributed by atoms with van der Waals surface area (Å²) in [5.41, 5.74) is 0. The fraction of sp³-hybridized carbons (Fsp3) is 0.600. The number of carbonyl (C=O) groups excluding carboxylic acids is 2. The summed E-state index contributed by atoms with van der Waals surface area (Å²) in [4.78, 5) is 28.1. The van der Waals surface area contributed by atoms with Crippen molar-refractivity contribution in [3.63, 3.8) is 0 Å². The molecular formula is C15H21N3O3. The number of amides is 2. The summed E-state index contributed by atoms with van der Waals surface area (Å²) in [6.45, 7) is 4.61. The molecule has 2 aliphatic rings. The van der Waals surface area contributed by atoms with Crippen molar-refractivity contribution in [2.45, 2.75) is 31.8 Å². The topological polar surface area (TPSA) is 65.8 Å². The van der Waals surface area contributed by atoms with E-state index >= 15 is 0 Å². The molecule has 0 radical (unpaired) electrons. The van der Waals surface area contributed by atoms with E-state index < -0.39 is 0 Å². The Hall–Kier alpha value is -1.82. The summed E-state index contributed by atoms with van der Waals surface area (Å²) in [5, 5.41) is 3.03. The van der Waals surface area contributed by atoms with Crippen molar-refractivity contribution in [2.75, 3.05) is 26.2 Å². The summed E-state index contributed by atoms with van der Waals surface area (Å²) in [6, 6.07) is 3.65. The van der Waals surface area contributed by atoms with Crippen LogP contribution in [0.5, 0.6) is 0 Å². The molecule has 1 N–H and O–H groups in total. The zero-order valence-electron chi connectivity index (χ0n) is 12.2. The van der Waals surface area contributed by atoms with Crippen molar-refractivity contribution < 1.29 is 14.0 Å². The first kappa shape index (κ1) is 14.1. The van der Waals surface area contributed by atoms with Gasteiger partial charge < -0.3 is 14.6 Å². The Morgan fingerprint density at radius 2 is 2.00 bits per heavy atom. The lowest BCUT2D eigenvalue weighted by atomic mass is 10.2. The molecule has 0 spiro atoms. The van der Waals surface area contributed by atoms with E-state index in [-0.39, 0.29) is 17.9 Å². The number of furan rings is 1. The van der Waals surface area contributed by atoms with Crippen molar-refractivity contribution in [2.24, 2.45) is 0 Å². The molecule has 2 heterocycles. The lowest BCUT2D eigenvalue weighted by molar-refractivity contribution is -0.126. The maximum Gasteiger partial charge on any atom is 0.289 e. The van der Waals surface area contributed by atoms with Crippen LogP contribution in [0.25, 0.3) is 0 Å². The first-order valence-electron chi connectivity index (χ1n) is 7.52. The molecule has 0 bridgehead atoms. The summed E-state index contributed by atoms with van der Waals surface area (Å²) >= 11 is 0. The van der Waals surface area contributed by atoms with Gasteiger partial charge in [0.1, 0.15) is 0 Å². The highest BCUT2D eigenvalue weighted by atomic mass is 16.3. The van der Waals surface area contributed by atoms with Gasteiger partial charge in [0, 0.05) is 32.2 Å². The summed E-state index contributed by atoms with van der Waals surface area (Å²) in [5.74, 6) is 0.404. The van der Waals surface area contributed by atoms with E-state index in [2.05, 4.69) is 10.2 Å². The Morgan fingerprint density at radius 3 is 2.57 bits per heavy atom. The smallest absolute Gasteiger partial charge is 0.289 e. The van der Waals surface area contributed by atoms with Gasteiger partial charge in [0.05, 0.1) is 12.3 Å². The molecule has 1 aliphatic carbocycles. The first-order chi connectivity index (χ1) is 10.1. The van der Waals surface area contributed by atoms with Crippen LogP contribution in [0.1, 0.15) is 30.3 Å².